The van der Waals surface area contributed by atoms with Crippen LogP contribution in [0.3, 0.4) is 0 Å². The summed E-state index contributed by atoms with van der Waals surface area (Å²) in [4.78, 5) is 26.9. The van der Waals surface area contributed by atoms with Gasteiger partial charge in [0.15, 0.2) is 0 Å². The number of benzene rings is 2. The van der Waals surface area contributed by atoms with Gasteiger partial charge in [-0.1, -0.05) is 53.0 Å². The third-order valence-electron chi connectivity index (χ3n) is 4.10. The van der Waals surface area contributed by atoms with Gasteiger partial charge in [0.2, 0.25) is 0 Å². The summed E-state index contributed by atoms with van der Waals surface area (Å²) in [5.74, 6) is -1.01. The Hall–Kier alpha value is -2.27. The third kappa shape index (κ3) is 3.74. The third-order valence-corrected chi connectivity index (χ3v) is 4.88. The highest BCUT2D eigenvalue weighted by molar-refractivity contribution is 6.35. The molecule has 7 heteroatoms. The van der Waals surface area contributed by atoms with Crippen LogP contribution in [0.15, 0.2) is 59.3 Å². The number of allylic oxidation sites excluding steroid dienone is 1. The highest BCUT2D eigenvalue weighted by Gasteiger charge is 2.38. The summed E-state index contributed by atoms with van der Waals surface area (Å²) >= 11 is 18.4. The molecule has 1 aliphatic heterocycles. The maximum atomic E-state index is 13.2. The fourth-order valence-corrected chi connectivity index (χ4v) is 3.61. The first-order valence-electron chi connectivity index (χ1n) is 7.90. The standard InChI is InChI=1S/C20H14Cl3NO3/c1-11-18(20(26)27-2)16(7-12-5-3-4-6-17(12)23)19(25)24(11)15-9-13(21)8-14(22)10-15/h3-10H,1-2H3/b16-7-. The minimum absolute atomic E-state index is 0.165. The van der Waals surface area contributed by atoms with Crippen molar-refractivity contribution in [1.29, 1.82) is 0 Å². The van der Waals surface area contributed by atoms with Crippen molar-refractivity contribution < 1.29 is 14.3 Å². The monoisotopic (exact) mass is 421 g/mol. The lowest BCUT2D eigenvalue weighted by molar-refractivity contribution is -0.136. The molecule has 1 aliphatic rings. The molecular weight excluding hydrogens is 409 g/mol. The highest BCUT2D eigenvalue weighted by atomic mass is 35.5. The molecule has 0 spiro atoms. The van der Waals surface area contributed by atoms with Crippen LogP contribution in [0.1, 0.15) is 12.5 Å². The van der Waals surface area contributed by atoms with Gasteiger partial charge in [0.25, 0.3) is 5.91 Å². The van der Waals surface area contributed by atoms with Gasteiger partial charge in [-0.25, -0.2) is 4.79 Å². The number of carbonyl (C=O) groups excluding carboxylic acids is 2. The number of halogens is 3. The predicted molar refractivity (Wildman–Crippen MR) is 108 cm³/mol. The van der Waals surface area contributed by atoms with Gasteiger partial charge in [0.05, 0.1) is 23.9 Å². The Morgan fingerprint density at radius 2 is 1.70 bits per heavy atom. The summed E-state index contributed by atoms with van der Waals surface area (Å²) in [6, 6.07) is 11.8. The quantitative estimate of drug-likeness (QED) is 0.483. The Balaban J connectivity index is 2.19. The first kappa shape index (κ1) is 19.5. The van der Waals surface area contributed by atoms with Crippen molar-refractivity contribution in [2.24, 2.45) is 0 Å². The molecule has 0 aromatic heterocycles. The Morgan fingerprint density at radius 3 is 2.30 bits per heavy atom. The Labute approximate surface area is 171 Å². The lowest BCUT2D eigenvalue weighted by Crippen LogP contribution is -2.24. The second-order valence-corrected chi connectivity index (χ2v) is 7.08. The maximum Gasteiger partial charge on any atom is 0.340 e. The highest BCUT2D eigenvalue weighted by Crippen LogP contribution is 2.38. The van der Waals surface area contributed by atoms with Crippen molar-refractivity contribution in [3.05, 3.63) is 79.9 Å². The van der Waals surface area contributed by atoms with E-state index in [2.05, 4.69) is 0 Å². The van der Waals surface area contributed by atoms with Crippen LogP contribution >= 0.6 is 34.8 Å². The molecule has 1 amide bonds. The summed E-state index contributed by atoms with van der Waals surface area (Å²) in [5, 5.41) is 1.21. The molecule has 0 aliphatic carbocycles. The number of hydrogen-bond acceptors (Lipinski definition) is 3. The van der Waals surface area contributed by atoms with Crippen LogP contribution in [-0.4, -0.2) is 19.0 Å². The zero-order valence-electron chi connectivity index (χ0n) is 14.4. The molecular formula is C20H14Cl3NO3. The van der Waals surface area contributed by atoms with Crippen molar-refractivity contribution >= 4 is 58.4 Å². The number of anilines is 1. The smallest absolute Gasteiger partial charge is 0.340 e. The largest absolute Gasteiger partial charge is 0.465 e. The Kier molecular flexibility index (Phi) is 5.61. The molecule has 138 valence electrons. The van der Waals surface area contributed by atoms with Gasteiger partial charge < -0.3 is 4.74 Å². The molecule has 4 nitrogen and oxygen atoms in total. The van der Waals surface area contributed by atoms with E-state index in [0.29, 0.717) is 32.0 Å². The van der Waals surface area contributed by atoms with E-state index in [0.717, 1.165) is 0 Å². The van der Waals surface area contributed by atoms with E-state index in [-0.39, 0.29) is 11.1 Å². The number of amides is 1. The van der Waals surface area contributed by atoms with Crippen LogP contribution in [-0.2, 0) is 14.3 Å². The van der Waals surface area contributed by atoms with E-state index >= 15 is 0 Å². The van der Waals surface area contributed by atoms with Gasteiger partial charge in [-0.05, 0) is 42.8 Å². The minimum Gasteiger partial charge on any atom is -0.465 e. The van der Waals surface area contributed by atoms with E-state index in [1.165, 1.54) is 12.0 Å². The number of carbonyl (C=O) groups is 2. The van der Waals surface area contributed by atoms with E-state index in [1.54, 1.807) is 55.5 Å². The first-order chi connectivity index (χ1) is 12.8. The van der Waals surface area contributed by atoms with Crippen LogP contribution in [0.25, 0.3) is 6.08 Å². The lowest BCUT2D eigenvalue weighted by Gasteiger charge is -2.18. The van der Waals surface area contributed by atoms with Gasteiger partial charge in [-0.2, -0.15) is 0 Å². The number of hydrogen-bond donors (Lipinski definition) is 0. The first-order valence-corrected chi connectivity index (χ1v) is 9.03. The molecule has 0 saturated carbocycles. The van der Waals surface area contributed by atoms with Crippen LogP contribution in [0, 0.1) is 0 Å². The zero-order valence-corrected chi connectivity index (χ0v) is 16.7. The molecule has 0 atom stereocenters. The number of methoxy groups -OCH3 is 1. The molecule has 27 heavy (non-hydrogen) atoms. The second kappa shape index (κ2) is 7.77. The van der Waals surface area contributed by atoms with Gasteiger partial charge in [0.1, 0.15) is 0 Å². The molecule has 2 aromatic rings. The topological polar surface area (TPSA) is 46.6 Å². The van der Waals surface area contributed by atoms with E-state index < -0.39 is 11.9 Å². The molecule has 2 aromatic carbocycles. The Morgan fingerprint density at radius 1 is 1.07 bits per heavy atom. The SMILES string of the molecule is COC(=O)C1=C(C)N(c2cc(Cl)cc(Cl)c2)C(=O)/C1=C\c1ccccc1Cl. The summed E-state index contributed by atoms with van der Waals surface area (Å²) in [6.45, 7) is 1.66. The van der Waals surface area contributed by atoms with Crippen molar-refractivity contribution in [1.82, 2.24) is 0 Å². The molecule has 0 bridgehead atoms. The molecule has 1 heterocycles. The van der Waals surface area contributed by atoms with E-state index in [9.17, 15) is 9.59 Å². The van der Waals surface area contributed by atoms with Gasteiger partial charge in [-0.15, -0.1) is 0 Å². The fraction of sp³-hybridized carbons (Fsp3) is 0.100. The van der Waals surface area contributed by atoms with Crippen molar-refractivity contribution in [2.75, 3.05) is 12.0 Å². The zero-order chi connectivity index (χ0) is 19.7. The molecule has 0 N–H and O–H groups in total. The average molecular weight is 423 g/mol. The van der Waals surface area contributed by atoms with Gasteiger partial charge >= 0.3 is 5.97 Å². The summed E-state index contributed by atoms with van der Waals surface area (Å²) in [6.07, 6.45) is 1.58. The fourth-order valence-electron chi connectivity index (χ4n) is 2.91. The minimum atomic E-state index is -0.616. The normalized spacial score (nSPS) is 15.7. The summed E-state index contributed by atoms with van der Waals surface area (Å²) in [5.41, 5.74) is 1.84. The number of esters is 1. The van der Waals surface area contributed by atoms with Crippen LogP contribution in [0.5, 0.6) is 0 Å². The number of ether oxygens (including phenoxy) is 1. The van der Waals surface area contributed by atoms with Crippen molar-refractivity contribution in [3.8, 4) is 0 Å². The van der Waals surface area contributed by atoms with Crippen LogP contribution in [0.2, 0.25) is 15.1 Å². The van der Waals surface area contributed by atoms with Gasteiger partial charge in [0, 0.05) is 20.8 Å². The molecule has 0 radical (unpaired) electrons. The van der Waals surface area contributed by atoms with Gasteiger partial charge in [-0.3, -0.25) is 9.69 Å². The van der Waals surface area contributed by atoms with E-state index in [4.69, 9.17) is 39.5 Å². The van der Waals surface area contributed by atoms with Crippen LogP contribution in [0.4, 0.5) is 5.69 Å². The van der Waals surface area contributed by atoms with Crippen molar-refractivity contribution in [2.45, 2.75) is 6.92 Å². The average Bonchev–Trinajstić information content (AvgIpc) is 2.85. The summed E-state index contributed by atoms with van der Waals surface area (Å²) in [7, 11) is 1.26. The number of rotatable bonds is 3. The van der Waals surface area contributed by atoms with Crippen LogP contribution < -0.4 is 4.90 Å². The maximum absolute atomic E-state index is 13.2. The summed E-state index contributed by atoms with van der Waals surface area (Å²) < 4.78 is 4.88. The number of nitrogens with zero attached hydrogens (tertiary/aromatic N) is 1. The second-order valence-electron chi connectivity index (χ2n) is 5.80. The predicted octanol–water partition coefficient (Wildman–Crippen LogP) is 5.52. The molecule has 0 fully saturated rings. The Bertz CT molecular complexity index is 991. The van der Waals surface area contributed by atoms with Crippen molar-refractivity contribution in [3.63, 3.8) is 0 Å². The molecule has 0 saturated heterocycles. The van der Waals surface area contributed by atoms with E-state index in [1.807, 2.05) is 0 Å². The lowest BCUT2D eigenvalue weighted by atomic mass is 10.0. The molecule has 0 unspecified atom stereocenters. The molecule has 3 rings (SSSR count).